The second kappa shape index (κ2) is 14.5. The minimum atomic E-state index is -0.542. The number of non-ortho nitro benzene ring substituents is 1. The first kappa shape index (κ1) is 29.9. The zero-order valence-corrected chi connectivity index (χ0v) is 23.3. The number of benzene rings is 2. The van der Waals surface area contributed by atoms with Gasteiger partial charge in [-0.1, -0.05) is 49.7 Å². The summed E-state index contributed by atoms with van der Waals surface area (Å²) in [6.45, 7) is 6.06. The Morgan fingerprint density at radius 3 is 2.54 bits per heavy atom. The molecule has 0 saturated carbocycles. The fourth-order valence-electron chi connectivity index (χ4n) is 4.30. The fourth-order valence-corrected chi connectivity index (χ4v) is 4.49. The van der Waals surface area contributed by atoms with Gasteiger partial charge in [-0.3, -0.25) is 19.7 Å². The van der Waals surface area contributed by atoms with Crippen LogP contribution in [0, 0.1) is 16.0 Å². The molecule has 1 heterocycles. The van der Waals surface area contributed by atoms with Crippen LogP contribution in [0.25, 0.3) is 0 Å². The Morgan fingerprint density at radius 2 is 1.85 bits per heavy atom. The van der Waals surface area contributed by atoms with E-state index in [1.54, 1.807) is 12.0 Å². The highest BCUT2D eigenvalue weighted by molar-refractivity contribution is 6.31. The lowest BCUT2D eigenvalue weighted by Crippen LogP contribution is -2.44. The molecule has 0 N–H and O–H groups in total. The van der Waals surface area contributed by atoms with Crippen LogP contribution in [0.15, 0.2) is 66.9 Å². The summed E-state index contributed by atoms with van der Waals surface area (Å²) in [5.41, 5.74) is 1.91. The highest BCUT2D eigenvalue weighted by Gasteiger charge is 2.24. The number of amides is 2. The number of methoxy groups -OCH3 is 1. The molecule has 0 radical (unpaired) electrons. The average molecular weight is 555 g/mol. The third-order valence-corrected chi connectivity index (χ3v) is 6.58. The summed E-state index contributed by atoms with van der Waals surface area (Å²) < 4.78 is 7.20. The van der Waals surface area contributed by atoms with Crippen molar-refractivity contribution >= 4 is 29.1 Å². The van der Waals surface area contributed by atoms with E-state index in [2.05, 4.69) is 4.57 Å². The Bertz CT molecular complexity index is 1280. The third kappa shape index (κ3) is 8.66. The first-order valence-corrected chi connectivity index (χ1v) is 13.2. The molecule has 0 atom stereocenters. The molecule has 9 nitrogen and oxygen atoms in total. The molecule has 3 aromatic rings. The van der Waals surface area contributed by atoms with Crippen LogP contribution in [0.4, 0.5) is 5.69 Å². The number of halogens is 1. The van der Waals surface area contributed by atoms with Gasteiger partial charge in [0.2, 0.25) is 5.91 Å². The quantitative estimate of drug-likeness (QED) is 0.154. The second-order valence-electron chi connectivity index (χ2n) is 9.77. The van der Waals surface area contributed by atoms with Gasteiger partial charge >= 0.3 is 0 Å². The van der Waals surface area contributed by atoms with Crippen molar-refractivity contribution < 1.29 is 19.2 Å². The minimum Gasteiger partial charge on any atom is -0.385 e. The van der Waals surface area contributed by atoms with Crippen molar-refractivity contribution in [1.29, 1.82) is 0 Å². The van der Waals surface area contributed by atoms with Gasteiger partial charge in [-0.05, 0) is 42.2 Å². The number of nitro groups is 1. The number of aromatic nitrogens is 1. The molecule has 0 saturated heterocycles. The Hall–Kier alpha value is -3.69. The van der Waals surface area contributed by atoms with E-state index in [0.717, 1.165) is 11.3 Å². The molecule has 2 aromatic carbocycles. The van der Waals surface area contributed by atoms with E-state index in [1.165, 1.54) is 29.2 Å². The van der Waals surface area contributed by atoms with Gasteiger partial charge in [-0.15, -0.1) is 0 Å². The minimum absolute atomic E-state index is 0.150. The number of hydrogen-bond donors (Lipinski definition) is 0. The van der Waals surface area contributed by atoms with Crippen molar-refractivity contribution in [1.82, 2.24) is 14.4 Å². The fraction of sp³-hybridized carbons (Fsp3) is 0.379. The number of hydrogen-bond acceptors (Lipinski definition) is 5. The first-order chi connectivity index (χ1) is 18.7. The molecule has 3 rings (SSSR count). The number of nitrogens with zero attached hydrogens (tertiary/aromatic N) is 4. The van der Waals surface area contributed by atoms with Gasteiger partial charge in [-0.2, -0.15) is 0 Å². The molecule has 0 spiro atoms. The van der Waals surface area contributed by atoms with Crippen LogP contribution in [-0.4, -0.2) is 64.5 Å². The maximum atomic E-state index is 13.6. The largest absolute Gasteiger partial charge is 0.385 e. The normalized spacial score (nSPS) is 11.0. The van der Waals surface area contributed by atoms with E-state index in [-0.39, 0.29) is 36.2 Å². The number of rotatable bonds is 14. The van der Waals surface area contributed by atoms with Crippen molar-refractivity contribution in [2.24, 2.45) is 5.92 Å². The molecular weight excluding hydrogens is 520 g/mol. The van der Waals surface area contributed by atoms with Gasteiger partial charge in [0.15, 0.2) is 0 Å². The maximum absolute atomic E-state index is 13.6. The molecule has 208 valence electrons. The lowest BCUT2D eigenvalue weighted by atomic mass is 10.1. The summed E-state index contributed by atoms with van der Waals surface area (Å²) in [6, 6.07) is 17.1. The van der Waals surface area contributed by atoms with Gasteiger partial charge in [0.05, 0.1) is 11.5 Å². The van der Waals surface area contributed by atoms with Gasteiger partial charge in [0, 0.05) is 68.0 Å². The number of ether oxygens (including phenoxy) is 1. The lowest BCUT2D eigenvalue weighted by molar-refractivity contribution is -0.384. The van der Waals surface area contributed by atoms with Gasteiger partial charge < -0.3 is 19.1 Å². The van der Waals surface area contributed by atoms with Crippen LogP contribution in [0.3, 0.4) is 0 Å². The van der Waals surface area contributed by atoms with Crippen molar-refractivity contribution in [3.8, 4) is 0 Å². The van der Waals surface area contributed by atoms with Crippen molar-refractivity contribution in [2.45, 2.75) is 33.4 Å². The van der Waals surface area contributed by atoms with Crippen LogP contribution in [0.1, 0.15) is 41.9 Å². The standard InChI is InChI=1S/C29H35ClN4O5/c1-22(2)18-33(20-26-12-7-14-31(26)19-24-9-4-5-13-27(24)30)28(35)21-32(15-8-16-39-3)29(36)23-10-6-11-25(17-23)34(37)38/h4-7,9-14,17,22H,8,15-16,18-21H2,1-3H3. The topological polar surface area (TPSA) is 97.9 Å². The van der Waals surface area contributed by atoms with E-state index in [0.29, 0.717) is 37.7 Å². The summed E-state index contributed by atoms with van der Waals surface area (Å²) >= 11 is 6.37. The smallest absolute Gasteiger partial charge is 0.270 e. The average Bonchev–Trinajstić information content (AvgIpc) is 3.34. The Balaban J connectivity index is 1.81. The predicted molar refractivity (Wildman–Crippen MR) is 151 cm³/mol. The highest BCUT2D eigenvalue weighted by Crippen LogP contribution is 2.19. The number of nitro benzene ring substituents is 1. The molecule has 0 bridgehead atoms. The van der Waals surface area contributed by atoms with Gasteiger partial charge in [0.25, 0.3) is 11.6 Å². The second-order valence-corrected chi connectivity index (χ2v) is 10.2. The Kier molecular flexibility index (Phi) is 11.1. The lowest BCUT2D eigenvalue weighted by Gasteiger charge is -2.29. The molecule has 0 fully saturated rings. The van der Waals surface area contributed by atoms with Crippen molar-refractivity contribution in [2.75, 3.05) is 33.4 Å². The summed E-state index contributed by atoms with van der Waals surface area (Å²) in [7, 11) is 1.57. The number of carbonyl (C=O) groups excluding carboxylic acids is 2. The number of carbonyl (C=O) groups is 2. The molecule has 1 aromatic heterocycles. The summed E-state index contributed by atoms with van der Waals surface area (Å²) in [6.07, 6.45) is 2.48. The zero-order valence-electron chi connectivity index (χ0n) is 22.6. The van der Waals surface area contributed by atoms with E-state index >= 15 is 0 Å². The molecule has 39 heavy (non-hydrogen) atoms. The Morgan fingerprint density at radius 1 is 1.08 bits per heavy atom. The summed E-state index contributed by atoms with van der Waals surface area (Å²) in [5.74, 6) is -0.435. The van der Waals surface area contributed by atoms with Crippen LogP contribution >= 0.6 is 11.6 Å². The molecule has 0 aliphatic rings. The first-order valence-electron chi connectivity index (χ1n) is 12.9. The SMILES string of the molecule is COCCCN(CC(=O)N(Cc1cccn1Cc1ccccc1Cl)CC(C)C)C(=O)c1cccc([N+](=O)[O-])c1. The molecular formula is C29H35ClN4O5. The van der Waals surface area contributed by atoms with Crippen LogP contribution in [0.2, 0.25) is 5.02 Å². The van der Waals surface area contributed by atoms with E-state index < -0.39 is 10.8 Å². The van der Waals surface area contributed by atoms with Crippen LogP contribution < -0.4 is 0 Å². The molecule has 10 heteroatoms. The van der Waals surface area contributed by atoms with Gasteiger partial charge in [-0.25, -0.2) is 0 Å². The molecule has 0 aliphatic carbocycles. The van der Waals surface area contributed by atoms with E-state index in [9.17, 15) is 19.7 Å². The molecule has 0 unspecified atom stereocenters. The Labute approximate surface area is 234 Å². The van der Waals surface area contributed by atoms with Crippen molar-refractivity contribution in [3.63, 3.8) is 0 Å². The van der Waals surface area contributed by atoms with E-state index in [4.69, 9.17) is 16.3 Å². The van der Waals surface area contributed by atoms with Gasteiger partial charge in [0.1, 0.15) is 6.54 Å². The predicted octanol–water partition coefficient (Wildman–Crippen LogP) is 5.26. The summed E-state index contributed by atoms with van der Waals surface area (Å²) in [5, 5.41) is 11.9. The zero-order chi connectivity index (χ0) is 28.4. The van der Waals surface area contributed by atoms with Crippen molar-refractivity contribution in [3.05, 3.63) is 98.8 Å². The highest BCUT2D eigenvalue weighted by atomic mass is 35.5. The third-order valence-electron chi connectivity index (χ3n) is 6.21. The maximum Gasteiger partial charge on any atom is 0.270 e. The monoisotopic (exact) mass is 554 g/mol. The van der Waals surface area contributed by atoms with Crippen LogP contribution in [0.5, 0.6) is 0 Å². The van der Waals surface area contributed by atoms with Crippen LogP contribution in [-0.2, 0) is 22.6 Å². The molecule has 2 amide bonds. The van der Waals surface area contributed by atoms with E-state index in [1.807, 2.05) is 56.4 Å². The summed E-state index contributed by atoms with van der Waals surface area (Å²) in [4.78, 5) is 40.9. The molecule has 0 aliphatic heterocycles.